The summed E-state index contributed by atoms with van der Waals surface area (Å²) in [5.74, 6) is 0. The molecule has 94 valence electrons. The van der Waals surface area contributed by atoms with E-state index in [0.29, 0.717) is 0 Å². The van der Waals surface area contributed by atoms with Gasteiger partial charge in [-0.05, 0) is 0 Å². The Labute approximate surface area is 89.4 Å². The molecule has 17 heavy (non-hydrogen) atoms. The van der Waals surface area contributed by atoms with Crippen LogP contribution in [0, 0.1) is 0 Å². The van der Waals surface area contributed by atoms with Gasteiger partial charge in [0, 0.05) is 0 Å². The quantitative estimate of drug-likeness (QED) is 0.655. The fraction of sp³-hybridized carbons (Fsp3) is 0.250. The molecule has 1 N–H and O–H groups in total. The van der Waals surface area contributed by atoms with Crippen molar-refractivity contribution in [1.82, 2.24) is 4.98 Å². The highest BCUT2D eigenvalue weighted by Gasteiger charge is 2.48. The minimum absolute atomic E-state index is 0.426. The zero-order valence-electron chi connectivity index (χ0n) is 7.74. The van der Waals surface area contributed by atoms with Crippen LogP contribution in [0.1, 0.15) is 32.1 Å². The molecule has 0 fully saturated rings. The van der Waals surface area contributed by atoms with Crippen molar-refractivity contribution in [1.29, 1.82) is 0 Å². The number of aromatic amines is 1. The van der Waals surface area contributed by atoms with E-state index in [2.05, 4.69) is 0 Å². The first-order valence-electron chi connectivity index (χ1n) is 3.93. The van der Waals surface area contributed by atoms with Crippen LogP contribution in [0.25, 0.3) is 0 Å². The number of rotatable bonds is 2. The SMILES string of the molecule is O=Cc1[nH]c(C=O)c(C(F)(F)F)c1C(F)(F)F. The Hall–Kier alpha value is -1.80. The van der Waals surface area contributed by atoms with Gasteiger partial charge in [-0.3, -0.25) is 9.59 Å². The average Bonchev–Trinajstić information content (AvgIpc) is 2.54. The number of carbonyl (C=O) groups is 2. The monoisotopic (exact) mass is 259 g/mol. The highest BCUT2D eigenvalue weighted by Crippen LogP contribution is 2.43. The molecule has 0 aliphatic carbocycles. The molecule has 3 nitrogen and oxygen atoms in total. The van der Waals surface area contributed by atoms with Gasteiger partial charge in [0.2, 0.25) is 0 Å². The van der Waals surface area contributed by atoms with E-state index in [1.54, 1.807) is 0 Å². The second-order valence-corrected chi connectivity index (χ2v) is 2.93. The van der Waals surface area contributed by atoms with Gasteiger partial charge in [0.1, 0.15) is 0 Å². The minimum Gasteiger partial charge on any atom is -0.349 e. The molecule has 0 unspecified atom stereocenters. The van der Waals surface area contributed by atoms with Gasteiger partial charge in [0.15, 0.2) is 12.6 Å². The molecule has 1 aromatic heterocycles. The average molecular weight is 259 g/mol. The van der Waals surface area contributed by atoms with Crippen molar-refractivity contribution < 1.29 is 35.9 Å². The topological polar surface area (TPSA) is 49.9 Å². The van der Waals surface area contributed by atoms with Crippen molar-refractivity contribution in [2.45, 2.75) is 12.4 Å². The molecule has 0 spiro atoms. The molecular formula is C8H3F6NO2. The van der Waals surface area contributed by atoms with Crippen molar-refractivity contribution in [2.24, 2.45) is 0 Å². The smallest absolute Gasteiger partial charge is 0.349 e. The Bertz CT molecular complexity index is 415. The van der Waals surface area contributed by atoms with E-state index < -0.39 is 47.4 Å². The van der Waals surface area contributed by atoms with Crippen LogP contribution in [-0.4, -0.2) is 17.6 Å². The summed E-state index contributed by atoms with van der Waals surface area (Å²) < 4.78 is 74.3. The lowest BCUT2D eigenvalue weighted by atomic mass is 10.1. The summed E-state index contributed by atoms with van der Waals surface area (Å²) in [5.41, 5.74) is -7.01. The summed E-state index contributed by atoms with van der Waals surface area (Å²) in [6.45, 7) is 0. The maximum Gasteiger partial charge on any atom is 0.419 e. The minimum atomic E-state index is -5.39. The number of halogens is 6. The van der Waals surface area contributed by atoms with Crippen LogP contribution in [0.5, 0.6) is 0 Å². The summed E-state index contributed by atoms with van der Waals surface area (Å²) >= 11 is 0. The largest absolute Gasteiger partial charge is 0.419 e. The van der Waals surface area contributed by atoms with Crippen molar-refractivity contribution in [3.8, 4) is 0 Å². The van der Waals surface area contributed by atoms with Crippen LogP contribution in [0.3, 0.4) is 0 Å². The maximum atomic E-state index is 12.4. The summed E-state index contributed by atoms with van der Waals surface area (Å²) in [6.07, 6.45) is -11.6. The van der Waals surface area contributed by atoms with Crippen LogP contribution < -0.4 is 0 Å². The van der Waals surface area contributed by atoms with Crippen LogP contribution in [-0.2, 0) is 12.4 Å². The summed E-state index contributed by atoms with van der Waals surface area (Å²) in [5, 5.41) is 0. The Morgan fingerprint density at radius 3 is 1.24 bits per heavy atom. The highest BCUT2D eigenvalue weighted by atomic mass is 19.4. The number of hydrogen-bond acceptors (Lipinski definition) is 2. The van der Waals surface area contributed by atoms with Gasteiger partial charge in [0.05, 0.1) is 22.5 Å². The van der Waals surface area contributed by atoms with Gasteiger partial charge in [-0.25, -0.2) is 0 Å². The molecule has 1 rings (SSSR count). The molecule has 9 heteroatoms. The normalized spacial score (nSPS) is 12.6. The lowest BCUT2D eigenvalue weighted by molar-refractivity contribution is -0.161. The standard InChI is InChI=1S/C8H3F6NO2/c9-7(10,11)5-3(1-16)15-4(2-17)6(5)8(12,13)14/h1-2,15H. The van der Waals surface area contributed by atoms with Crippen molar-refractivity contribution in [3.63, 3.8) is 0 Å². The first-order valence-corrected chi connectivity index (χ1v) is 3.93. The van der Waals surface area contributed by atoms with E-state index in [1.165, 1.54) is 4.98 Å². The van der Waals surface area contributed by atoms with E-state index >= 15 is 0 Å². The molecule has 0 saturated carbocycles. The third kappa shape index (κ3) is 2.32. The molecule has 0 amide bonds. The third-order valence-corrected chi connectivity index (χ3v) is 1.86. The van der Waals surface area contributed by atoms with E-state index in [-0.39, 0.29) is 0 Å². The van der Waals surface area contributed by atoms with Gasteiger partial charge in [-0.2, -0.15) is 26.3 Å². The fourth-order valence-corrected chi connectivity index (χ4v) is 1.31. The first-order chi connectivity index (χ1) is 7.62. The molecular weight excluding hydrogens is 256 g/mol. The zero-order valence-corrected chi connectivity index (χ0v) is 7.74. The van der Waals surface area contributed by atoms with Gasteiger partial charge in [-0.1, -0.05) is 0 Å². The van der Waals surface area contributed by atoms with Crippen molar-refractivity contribution in [2.75, 3.05) is 0 Å². The van der Waals surface area contributed by atoms with E-state index in [9.17, 15) is 35.9 Å². The van der Waals surface area contributed by atoms with Gasteiger partial charge in [-0.15, -0.1) is 0 Å². The molecule has 0 radical (unpaired) electrons. The molecule has 1 heterocycles. The number of nitrogens with one attached hydrogen (secondary N) is 1. The molecule has 0 aromatic carbocycles. The molecule has 0 saturated heterocycles. The van der Waals surface area contributed by atoms with Crippen LogP contribution >= 0.6 is 0 Å². The van der Waals surface area contributed by atoms with Crippen molar-refractivity contribution in [3.05, 3.63) is 22.5 Å². The van der Waals surface area contributed by atoms with Gasteiger partial charge < -0.3 is 4.98 Å². The molecule has 0 aliphatic heterocycles. The number of H-pyrrole nitrogens is 1. The Morgan fingerprint density at radius 2 is 1.06 bits per heavy atom. The van der Waals surface area contributed by atoms with E-state index in [4.69, 9.17) is 0 Å². The maximum absolute atomic E-state index is 12.4. The Morgan fingerprint density at radius 1 is 0.765 bits per heavy atom. The predicted molar refractivity (Wildman–Crippen MR) is 41.6 cm³/mol. The van der Waals surface area contributed by atoms with Crippen LogP contribution in [0.4, 0.5) is 26.3 Å². The van der Waals surface area contributed by atoms with E-state index in [1.807, 2.05) is 0 Å². The lowest BCUT2D eigenvalue weighted by Gasteiger charge is -2.11. The molecule has 0 aliphatic rings. The molecule has 1 aromatic rings. The first kappa shape index (κ1) is 13.3. The number of carbonyl (C=O) groups excluding carboxylic acids is 2. The van der Waals surface area contributed by atoms with Crippen LogP contribution in [0.15, 0.2) is 0 Å². The summed E-state index contributed by atoms with van der Waals surface area (Å²) in [7, 11) is 0. The lowest BCUT2D eigenvalue weighted by Crippen LogP contribution is -2.17. The number of aromatic nitrogens is 1. The molecule has 0 atom stereocenters. The number of hydrogen-bond donors (Lipinski definition) is 1. The second kappa shape index (κ2) is 3.90. The molecule has 0 bridgehead atoms. The van der Waals surface area contributed by atoms with Gasteiger partial charge in [0.25, 0.3) is 0 Å². The summed E-state index contributed by atoms with van der Waals surface area (Å²) in [4.78, 5) is 22.0. The summed E-state index contributed by atoms with van der Waals surface area (Å²) in [6, 6.07) is 0. The van der Waals surface area contributed by atoms with Gasteiger partial charge >= 0.3 is 12.4 Å². The van der Waals surface area contributed by atoms with E-state index in [0.717, 1.165) is 0 Å². The highest BCUT2D eigenvalue weighted by molar-refractivity contribution is 5.84. The Balaban J connectivity index is 3.70. The Kier molecular flexibility index (Phi) is 3.04. The third-order valence-electron chi connectivity index (χ3n) is 1.86. The number of alkyl halides is 6. The van der Waals surface area contributed by atoms with Crippen molar-refractivity contribution >= 4 is 12.6 Å². The zero-order chi connectivity index (χ0) is 13.4. The number of aldehydes is 2. The predicted octanol–water partition coefficient (Wildman–Crippen LogP) is 2.68. The van der Waals surface area contributed by atoms with Crippen LogP contribution in [0.2, 0.25) is 0 Å². The fourth-order valence-electron chi connectivity index (χ4n) is 1.31. The second-order valence-electron chi connectivity index (χ2n) is 2.93.